The fourth-order valence-corrected chi connectivity index (χ4v) is 4.15. The Hall–Kier alpha value is -2.49. The first kappa shape index (κ1) is 20.2. The van der Waals surface area contributed by atoms with E-state index in [0.717, 1.165) is 32.4 Å². The summed E-state index contributed by atoms with van der Waals surface area (Å²) in [5.41, 5.74) is 0.0441. The Kier molecular flexibility index (Phi) is 6.61. The van der Waals surface area contributed by atoms with Crippen LogP contribution >= 0.6 is 0 Å². The van der Waals surface area contributed by atoms with Gasteiger partial charge in [0.1, 0.15) is 5.82 Å². The van der Waals surface area contributed by atoms with Crippen LogP contribution < -0.4 is 5.32 Å². The van der Waals surface area contributed by atoms with Gasteiger partial charge in [-0.3, -0.25) is 0 Å². The highest BCUT2D eigenvalue weighted by Crippen LogP contribution is 2.18. The van der Waals surface area contributed by atoms with Gasteiger partial charge in [-0.15, -0.1) is 5.10 Å². The topological polar surface area (TPSA) is 105 Å². The number of hydrogen-bond donors (Lipinski definition) is 1. The highest BCUT2D eigenvalue weighted by molar-refractivity contribution is 7.90. The number of benzene rings is 1. The summed E-state index contributed by atoms with van der Waals surface area (Å²) in [5.74, 6) is -0.984. The van der Waals surface area contributed by atoms with E-state index in [4.69, 9.17) is 4.42 Å². The Labute approximate surface area is 163 Å². The number of nitrogens with one attached hydrogen (secondary N) is 1. The van der Waals surface area contributed by atoms with Crippen LogP contribution in [-0.4, -0.2) is 49.2 Å². The SMILES string of the molecule is O=C(NCCCc1nnc(S(=O)(=O)Cc2ccccc2F)o1)N1CCCCC1. The normalized spacial score (nSPS) is 14.8. The number of sulfone groups is 1. The van der Waals surface area contributed by atoms with Crippen LogP contribution in [0.1, 0.15) is 37.1 Å². The number of carbonyl (C=O) groups is 1. The molecule has 1 aromatic carbocycles. The molecule has 0 unspecified atom stereocenters. The lowest BCUT2D eigenvalue weighted by molar-refractivity contribution is 0.186. The smallest absolute Gasteiger partial charge is 0.335 e. The first-order valence-corrected chi connectivity index (χ1v) is 10.9. The number of urea groups is 1. The molecule has 8 nitrogen and oxygen atoms in total. The quantitative estimate of drug-likeness (QED) is 0.702. The lowest BCUT2D eigenvalue weighted by Crippen LogP contribution is -2.43. The largest absolute Gasteiger partial charge is 0.413 e. The Morgan fingerprint density at radius 1 is 1.18 bits per heavy atom. The number of hydrogen-bond acceptors (Lipinski definition) is 6. The van der Waals surface area contributed by atoms with E-state index >= 15 is 0 Å². The van der Waals surface area contributed by atoms with E-state index in [2.05, 4.69) is 15.5 Å². The van der Waals surface area contributed by atoms with Crippen molar-refractivity contribution in [1.82, 2.24) is 20.4 Å². The van der Waals surface area contributed by atoms with Crippen LogP contribution in [-0.2, 0) is 22.0 Å². The van der Waals surface area contributed by atoms with Gasteiger partial charge >= 0.3 is 11.3 Å². The van der Waals surface area contributed by atoms with E-state index in [1.165, 1.54) is 18.2 Å². The van der Waals surface area contributed by atoms with Gasteiger partial charge < -0.3 is 14.6 Å². The van der Waals surface area contributed by atoms with Crippen molar-refractivity contribution in [2.45, 2.75) is 43.1 Å². The van der Waals surface area contributed by atoms with Gasteiger partial charge in [-0.25, -0.2) is 17.6 Å². The van der Waals surface area contributed by atoms with Crippen LogP contribution in [0.2, 0.25) is 0 Å². The molecule has 2 aromatic rings. The zero-order valence-electron chi connectivity index (χ0n) is 15.4. The molecule has 0 aliphatic carbocycles. The van der Waals surface area contributed by atoms with Crippen molar-refractivity contribution in [3.8, 4) is 0 Å². The van der Waals surface area contributed by atoms with E-state index in [1.54, 1.807) is 11.0 Å². The second-order valence-electron chi connectivity index (χ2n) is 6.70. The standard InChI is InChI=1S/C18H23FN4O4S/c19-15-8-3-2-7-14(15)13-28(25,26)18-22-21-16(27-18)9-6-10-20-17(24)23-11-4-1-5-12-23/h2-3,7-8H,1,4-6,9-13H2,(H,20,24). The maximum absolute atomic E-state index is 13.7. The first-order valence-electron chi connectivity index (χ1n) is 9.27. The minimum Gasteiger partial charge on any atom is -0.413 e. The highest BCUT2D eigenvalue weighted by Gasteiger charge is 2.24. The summed E-state index contributed by atoms with van der Waals surface area (Å²) in [7, 11) is -3.93. The Morgan fingerprint density at radius 3 is 2.68 bits per heavy atom. The average Bonchev–Trinajstić information content (AvgIpc) is 3.17. The molecule has 2 amide bonds. The number of aryl methyl sites for hydroxylation is 1. The lowest BCUT2D eigenvalue weighted by atomic mass is 10.1. The Bertz CT molecular complexity index is 910. The molecule has 0 atom stereocenters. The van der Waals surface area contributed by atoms with Crippen molar-refractivity contribution in [3.05, 3.63) is 41.5 Å². The molecule has 1 aliphatic rings. The molecule has 1 aliphatic heterocycles. The number of rotatable bonds is 7. The number of carbonyl (C=O) groups excluding carboxylic acids is 1. The molecule has 3 rings (SSSR count). The summed E-state index contributed by atoms with van der Waals surface area (Å²) < 4.78 is 43.6. The summed E-state index contributed by atoms with van der Waals surface area (Å²) >= 11 is 0. The molecule has 1 N–H and O–H groups in total. The van der Waals surface area contributed by atoms with Gasteiger partial charge in [-0.05, 0) is 31.7 Å². The second kappa shape index (κ2) is 9.13. The minimum atomic E-state index is -3.93. The molecule has 10 heteroatoms. The lowest BCUT2D eigenvalue weighted by Gasteiger charge is -2.26. The van der Waals surface area contributed by atoms with Gasteiger partial charge in [-0.1, -0.05) is 23.3 Å². The summed E-state index contributed by atoms with van der Waals surface area (Å²) in [6.45, 7) is 1.98. The molecule has 0 saturated carbocycles. The molecule has 0 spiro atoms. The fourth-order valence-electron chi connectivity index (χ4n) is 2.99. The maximum Gasteiger partial charge on any atom is 0.335 e. The van der Waals surface area contributed by atoms with E-state index in [-0.39, 0.29) is 17.5 Å². The molecule has 1 aromatic heterocycles. The second-order valence-corrected chi connectivity index (χ2v) is 8.56. The van der Waals surface area contributed by atoms with Gasteiger partial charge in [0, 0.05) is 31.6 Å². The van der Waals surface area contributed by atoms with Gasteiger partial charge in [0.15, 0.2) is 0 Å². The Morgan fingerprint density at radius 2 is 1.93 bits per heavy atom. The molecule has 1 saturated heterocycles. The molecule has 152 valence electrons. The minimum absolute atomic E-state index is 0.0441. The molecule has 28 heavy (non-hydrogen) atoms. The van der Waals surface area contributed by atoms with E-state index in [0.29, 0.717) is 19.4 Å². The fraction of sp³-hybridized carbons (Fsp3) is 0.500. The van der Waals surface area contributed by atoms with E-state index < -0.39 is 26.6 Å². The van der Waals surface area contributed by atoms with Crippen LogP contribution in [0.15, 0.2) is 33.9 Å². The molecule has 2 heterocycles. The van der Waals surface area contributed by atoms with Gasteiger partial charge in [0.05, 0.1) is 5.75 Å². The van der Waals surface area contributed by atoms with Crippen LogP contribution in [0.25, 0.3) is 0 Å². The molecule has 0 bridgehead atoms. The van der Waals surface area contributed by atoms with Crippen molar-refractivity contribution in [1.29, 1.82) is 0 Å². The van der Waals surface area contributed by atoms with Crippen molar-refractivity contribution in [3.63, 3.8) is 0 Å². The van der Waals surface area contributed by atoms with Crippen molar-refractivity contribution < 1.29 is 22.0 Å². The van der Waals surface area contributed by atoms with Crippen LogP contribution in [0, 0.1) is 5.82 Å². The van der Waals surface area contributed by atoms with Crippen LogP contribution in [0.5, 0.6) is 0 Å². The number of piperidine rings is 1. The average molecular weight is 410 g/mol. The third-order valence-corrected chi connectivity index (χ3v) is 5.89. The van der Waals surface area contributed by atoms with Gasteiger partial charge in [0.2, 0.25) is 15.7 Å². The highest BCUT2D eigenvalue weighted by atomic mass is 32.2. The molecule has 0 radical (unpaired) electrons. The summed E-state index contributed by atoms with van der Waals surface area (Å²) in [6.07, 6.45) is 4.08. The molecular formula is C18H23FN4O4S. The van der Waals surface area contributed by atoms with E-state index in [9.17, 15) is 17.6 Å². The Balaban J connectivity index is 1.48. The van der Waals surface area contributed by atoms with Gasteiger partial charge in [-0.2, -0.15) is 0 Å². The number of halogens is 1. The van der Waals surface area contributed by atoms with Gasteiger partial charge in [0.25, 0.3) is 0 Å². The molecule has 1 fully saturated rings. The van der Waals surface area contributed by atoms with E-state index in [1.807, 2.05) is 0 Å². The monoisotopic (exact) mass is 410 g/mol. The summed E-state index contributed by atoms with van der Waals surface area (Å²) in [5, 5.41) is 9.63. The maximum atomic E-state index is 13.7. The number of amides is 2. The zero-order chi connectivity index (χ0) is 20.0. The predicted octanol–water partition coefficient (Wildman–Crippen LogP) is 2.31. The third kappa shape index (κ3) is 5.28. The van der Waals surface area contributed by atoms with Crippen LogP contribution in [0.3, 0.4) is 0 Å². The predicted molar refractivity (Wildman–Crippen MR) is 98.7 cm³/mol. The summed E-state index contributed by atoms with van der Waals surface area (Å²) in [6, 6.07) is 5.56. The number of nitrogens with zero attached hydrogens (tertiary/aromatic N) is 3. The third-order valence-electron chi connectivity index (χ3n) is 4.50. The zero-order valence-corrected chi connectivity index (χ0v) is 16.3. The summed E-state index contributed by atoms with van der Waals surface area (Å²) in [4.78, 5) is 13.8. The van der Waals surface area contributed by atoms with Crippen molar-refractivity contribution in [2.75, 3.05) is 19.6 Å². The number of aromatic nitrogens is 2. The van der Waals surface area contributed by atoms with Crippen LogP contribution in [0.4, 0.5) is 9.18 Å². The first-order chi connectivity index (χ1) is 13.5. The molecular weight excluding hydrogens is 387 g/mol. The van der Waals surface area contributed by atoms with Crippen molar-refractivity contribution in [2.24, 2.45) is 0 Å². The van der Waals surface area contributed by atoms with Crippen molar-refractivity contribution >= 4 is 15.9 Å². The number of likely N-dealkylation sites (tertiary alicyclic amines) is 1.